The summed E-state index contributed by atoms with van der Waals surface area (Å²) < 4.78 is 5.68. The second-order valence-electron chi connectivity index (χ2n) is 10.1. The summed E-state index contributed by atoms with van der Waals surface area (Å²) in [5, 5.41) is 0. The van der Waals surface area contributed by atoms with Gasteiger partial charge in [-0.1, -0.05) is 78.9 Å². The minimum Gasteiger partial charge on any atom is -0.444 e. The van der Waals surface area contributed by atoms with Gasteiger partial charge in [-0.05, 0) is 50.5 Å². The number of nitrogens with one attached hydrogen (secondary N) is 1. The highest BCUT2D eigenvalue weighted by molar-refractivity contribution is 5.93. The van der Waals surface area contributed by atoms with Gasteiger partial charge in [0.25, 0.3) is 5.91 Å². The van der Waals surface area contributed by atoms with E-state index in [4.69, 9.17) is 9.57 Å². The van der Waals surface area contributed by atoms with Crippen molar-refractivity contribution in [1.29, 1.82) is 0 Å². The van der Waals surface area contributed by atoms with Crippen LogP contribution in [0.5, 0.6) is 0 Å². The molecule has 7 heteroatoms. The van der Waals surface area contributed by atoms with E-state index in [0.29, 0.717) is 31.6 Å². The Morgan fingerprint density at radius 3 is 1.79 bits per heavy atom. The highest BCUT2D eigenvalue weighted by Crippen LogP contribution is 2.13. The number of hydroxylamine groups is 1. The molecule has 2 amide bonds. The maximum Gasteiger partial charge on any atom is 0.410 e. The van der Waals surface area contributed by atoms with Crippen LogP contribution in [0, 0.1) is 0 Å². The number of hydrogen-bond donors (Lipinski definition) is 1. The lowest BCUT2D eigenvalue weighted by Gasteiger charge is -2.30. The first-order chi connectivity index (χ1) is 18.3. The van der Waals surface area contributed by atoms with Crippen molar-refractivity contribution in [3.05, 3.63) is 108 Å². The minimum absolute atomic E-state index is 0.273. The summed E-state index contributed by atoms with van der Waals surface area (Å²) in [4.78, 5) is 34.6. The van der Waals surface area contributed by atoms with Crippen LogP contribution >= 0.6 is 0 Å². The van der Waals surface area contributed by atoms with Gasteiger partial charge in [-0.25, -0.2) is 10.3 Å². The fourth-order valence-electron chi connectivity index (χ4n) is 3.87. The highest BCUT2D eigenvalue weighted by Gasteiger charge is 2.22. The predicted molar refractivity (Wildman–Crippen MR) is 149 cm³/mol. The fraction of sp³-hybridized carbons (Fsp3) is 0.355. The van der Waals surface area contributed by atoms with Crippen LogP contribution in [0.3, 0.4) is 0 Å². The summed E-state index contributed by atoms with van der Waals surface area (Å²) in [6, 6.07) is 29.5. The molecular formula is C31H39N3O4. The van der Waals surface area contributed by atoms with Crippen LogP contribution < -0.4 is 5.48 Å². The smallest absolute Gasteiger partial charge is 0.410 e. The van der Waals surface area contributed by atoms with Gasteiger partial charge in [0.1, 0.15) is 5.60 Å². The number of nitrogens with zero attached hydrogens (tertiary/aromatic N) is 2. The van der Waals surface area contributed by atoms with Crippen LogP contribution in [-0.4, -0.2) is 53.6 Å². The summed E-state index contributed by atoms with van der Waals surface area (Å²) in [5.74, 6) is -0.299. The van der Waals surface area contributed by atoms with Gasteiger partial charge in [-0.15, -0.1) is 0 Å². The molecule has 0 saturated heterocycles. The lowest BCUT2D eigenvalue weighted by Crippen LogP contribution is -2.42. The molecule has 0 heterocycles. The highest BCUT2D eigenvalue weighted by atomic mass is 16.6. The first kappa shape index (κ1) is 28.9. The SMILES string of the molecule is CC(C)(C)OC(=O)N(CCCONC(=O)c1ccccc1)CCN(Cc1ccccc1)Cc1ccccc1. The van der Waals surface area contributed by atoms with E-state index in [2.05, 4.69) is 34.6 Å². The topological polar surface area (TPSA) is 71.1 Å². The molecule has 0 saturated carbocycles. The molecule has 7 nitrogen and oxygen atoms in total. The third-order valence-electron chi connectivity index (χ3n) is 5.71. The van der Waals surface area contributed by atoms with Crippen molar-refractivity contribution in [1.82, 2.24) is 15.3 Å². The second-order valence-corrected chi connectivity index (χ2v) is 10.1. The Hall–Kier alpha value is -3.68. The van der Waals surface area contributed by atoms with E-state index in [1.165, 1.54) is 11.1 Å². The van der Waals surface area contributed by atoms with Crippen molar-refractivity contribution in [2.24, 2.45) is 0 Å². The van der Waals surface area contributed by atoms with E-state index in [-0.39, 0.29) is 18.6 Å². The van der Waals surface area contributed by atoms with Crippen LogP contribution in [0.2, 0.25) is 0 Å². The number of amides is 2. The zero-order chi connectivity index (χ0) is 27.2. The summed E-state index contributed by atoms with van der Waals surface area (Å²) in [5.41, 5.74) is 4.83. The van der Waals surface area contributed by atoms with Crippen molar-refractivity contribution in [3.63, 3.8) is 0 Å². The quantitative estimate of drug-likeness (QED) is 0.233. The number of carbonyl (C=O) groups excluding carboxylic acids is 2. The van der Waals surface area contributed by atoms with Crippen molar-refractivity contribution in [2.75, 3.05) is 26.2 Å². The molecule has 38 heavy (non-hydrogen) atoms. The van der Waals surface area contributed by atoms with Gasteiger partial charge < -0.3 is 9.64 Å². The zero-order valence-electron chi connectivity index (χ0n) is 22.6. The normalized spacial score (nSPS) is 11.3. The average molecular weight is 518 g/mol. The molecule has 0 spiro atoms. The third-order valence-corrected chi connectivity index (χ3v) is 5.71. The first-order valence-electron chi connectivity index (χ1n) is 13.1. The molecular weight excluding hydrogens is 478 g/mol. The first-order valence-corrected chi connectivity index (χ1v) is 13.1. The molecule has 0 bridgehead atoms. The van der Waals surface area contributed by atoms with Gasteiger partial charge in [0.05, 0.1) is 6.61 Å². The van der Waals surface area contributed by atoms with Gasteiger partial charge in [-0.3, -0.25) is 14.5 Å². The molecule has 0 aliphatic rings. The maximum absolute atomic E-state index is 13.0. The summed E-state index contributed by atoms with van der Waals surface area (Å²) >= 11 is 0. The van der Waals surface area contributed by atoms with Gasteiger partial charge in [0, 0.05) is 38.3 Å². The van der Waals surface area contributed by atoms with Crippen molar-refractivity contribution < 1.29 is 19.2 Å². The molecule has 0 aliphatic heterocycles. The monoisotopic (exact) mass is 517 g/mol. The fourth-order valence-corrected chi connectivity index (χ4v) is 3.87. The molecule has 0 aliphatic carbocycles. The zero-order valence-corrected chi connectivity index (χ0v) is 22.6. The predicted octanol–water partition coefficient (Wildman–Crippen LogP) is 5.68. The third kappa shape index (κ3) is 10.7. The van der Waals surface area contributed by atoms with Gasteiger partial charge in [-0.2, -0.15) is 0 Å². The molecule has 3 aromatic rings. The average Bonchev–Trinajstić information content (AvgIpc) is 2.90. The number of benzene rings is 3. The molecule has 202 valence electrons. The Labute approximate surface area is 226 Å². The van der Waals surface area contributed by atoms with Crippen molar-refractivity contribution >= 4 is 12.0 Å². The number of carbonyl (C=O) groups is 2. The molecule has 0 fully saturated rings. The van der Waals surface area contributed by atoms with Crippen LogP contribution in [0.1, 0.15) is 48.7 Å². The molecule has 3 rings (SSSR count). The molecule has 3 aromatic carbocycles. The molecule has 0 aromatic heterocycles. The van der Waals surface area contributed by atoms with Crippen LogP contribution in [-0.2, 0) is 22.7 Å². The number of ether oxygens (including phenoxy) is 1. The second kappa shape index (κ2) is 14.9. The molecule has 0 atom stereocenters. The van der Waals surface area contributed by atoms with Crippen LogP contribution in [0.15, 0.2) is 91.0 Å². The van der Waals surface area contributed by atoms with E-state index in [1.807, 2.05) is 63.2 Å². The van der Waals surface area contributed by atoms with Gasteiger partial charge in [0.2, 0.25) is 0 Å². The summed E-state index contributed by atoms with van der Waals surface area (Å²) in [6.45, 7) is 9.03. The lowest BCUT2D eigenvalue weighted by atomic mass is 10.1. The van der Waals surface area contributed by atoms with E-state index >= 15 is 0 Å². The largest absolute Gasteiger partial charge is 0.444 e. The van der Waals surface area contributed by atoms with Crippen molar-refractivity contribution in [2.45, 2.75) is 45.9 Å². The summed E-state index contributed by atoms with van der Waals surface area (Å²) in [6.07, 6.45) is 0.191. The Kier molecular flexibility index (Phi) is 11.3. The van der Waals surface area contributed by atoms with E-state index in [9.17, 15) is 9.59 Å². The number of hydrogen-bond acceptors (Lipinski definition) is 5. The Morgan fingerprint density at radius 2 is 1.26 bits per heavy atom. The minimum atomic E-state index is -0.594. The van der Waals surface area contributed by atoms with Crippen LogP contribution in [0.25, 0.3) is 0 Å². The lowest BCUT2D eigenvalue weighted by molar-refractivity contribution is 0.0133. The Morgan fingerprint density at radius 1 is 0.737 bits per heavy atom. The standard InChI is InChI=1S/C31H39N3O4/c1-31(2,3)38-30(36)34(20-13-23-37-32-29(35)28-18-11-6-12-19-28)22-21-33(24-26-14-7-4-8-15-26)25-27-16-9-5-10-17-27/h4-12,14-19H,13,20-25H2,1-3H3,(H,32,35). The van der Waals surface area contributed by atoms with E-state index in [0.717, 1.165) is 13.1 Å². The van der Waals surface area contributed by atoms with Crippen LogP contribution in [0.4, 0.5) is 4.79 Å². The van der Waals surface area contributed by atoms with Crippen molar-refractivity contribution in [3.8, 4) is 0 Å². The Bertz CT molecular complexity index is 1060. The van der Waals surface area contributed by atoms with Gasteiger partial charge >= 0.3 is 6.09 Å². The molecule has 0 radical (unpaired) electrons. The molecule has 0 unspecified atom stereocenters. The molecule has 1 N–H and O–H groups in total. The van der Waals surface area contributed by atoms with Gasteiger partial charge in [0.15, 0.2) is 0 Å². The maximum atomic E-state index is 13.0. The van der Waals surface area contributed by atoms with E-state index in [1.54, 1.807) is 29.2 Å². The number of rotatable bonds is 13. The Balaban J connectivity index is 1.57. The van der Waals surface area contributed by atoms with E-state index < -0.39 is 5.60 Å². The summed E-state index contributed by atoms with van der Waals surface area (Å²) in [7, 11) is 0.